The molecule has 1 aromatic heterocycles. The van der Waals surface area contributed by atoms with Crippen molar-refractivity contribution in [1.82, 2.24) is 0 Å². The maximum Gasteiger partial charge on any atom is 0.136 e. The number of ether oxygens (including phenoxy) is 1. The molecule has 0 saturated heterocycles. The van der Waals surface area contributed by atoms with Gasteiger partial charge < -0.3 is 9.15 Å². The number of benzene rings is 10. The highest BCUT2D eigenvalue weighted by Crippen LogP contribution is 2.61. The normalized spacial score (nSPS) is 13.4. The van der Waals surface area contributed by atoms with Crippen molar-refractivity contribution in [3.05, 3.63) is 229 Å². The summed E-state index contributed by atoms with van der Waals surface area (Å²) in [6.07, 6.45) is 0. The van der Waals surface area contributed by atoms with E-state index in [0.717, 1.165) is 61.1 Å². The van der Waals surface area contributed by atoms with Crippen LogP contribution in [0.2, 0.25) is 0 Å². The summed E-state index contributed by atoms with van der Waals surface area (Å²) < 4.78 is 13.1. The van der Waals surface area contributed by atoms with Gasteiger partial charge in [-0.3, -0.25) is 0 Å². The predicted molar refractivity (Wildman–Crippen MR) is 242 cm³/mol. The lowest BCUT2D eigenvalue weighted by Gasteiger charge is -2.35. The van der Waals surface area contributed by atoms with Gasteiger partial charge in [-0.05, 0) is 126 Å². The van der Waals surface area contributed by atoms with E-state index in [9.17, 15) is 0 Å². The van der Waals surface area contributed by atoms with Crippen LogP contribution in [0.5, 0.6) is 11.5 Å². The average molecular weight is 751 g/mol. The molecule has 0 fully saturated rings. The molecule has 2 heteroatoms. The van der Waals surface area contributed by atoms with Crippen molar-refractivity contribution in [3.63, 3.8) is 0 Å². The van der Waals surface area contributed by atoms with Crippen molar-refractivity contribution in [2.24, 2.45) is 0 Å². The van der Waals surface area contributed by atoms with Crippen LogP contribution >= 0.6 is 0 Å². The third-order valence-electron chi connectivity index (χ3n) is 12.9. The smallest absolute Gasteiger partial charge is 0.136 e. The lowest BCUT2D eigenvalue weighted by atomic mass is 9.65. The van der Waals surface area contributed by atoms with E-state index in [1.54, 1.807) is 0 Å². The number of furan rings is 1. The molecule has 10 aromatic carbocycles. The zero-order valence-corrected chi connectivity index (χ0v) is 31.9. The van der Waals surface area contributed by atoms with E-state index in [4.69, 9.17) is 9.15 Å². The van der Waals surface area contributed by atoms with Crippen molar-refractivity contribution in [2.75, 3.05) is 0 Å². The highest BCUT2D eigenvalue weighted by molar-refractivity contribution is 6.11. The maximum absolute atomic E-state index is 6.54. The summed E-state index contributed by atoms with van der Waals surface area (Å²) in [4.78, 5) is 0. The van der Waals surface area contributed by atoms with E-state index in [1.807, 2.05) is 6.07 Å². The Hall–Kier alpha value is -7.68. The minimum atomic E-state index is -0.646. The van der Waals surface area contributed by atoms with Crippen LogP contribution in [0, 0.1) is 0 Å². The second kappa shape index (κ2) is 12.2. The molecule has 11 aromatic rings. The summed E-state index contributed by atoms with van der Waals surface area (Å²) in [7, 11) is 0. The largest absolute Gasteiger partial charge is 0.456 e. The second-order valence-electron chi connectivity index (χ2n) is 15.9. The predicted octanol–water partition coefficient (Wildman–Crippen LogP) is 15.4. The van der Waals surface area contributed by atoms with Gasteiger partial charge in [0.2, 0.25) is 0 Å². The number of fused-ring (bicyclic) bond motifs is 10. The molecule has 13 rings (SSSR count). The first-order valence-corrected chi connectivity index (χ1v) is 20.3. The van der Waals surface area contributed by atoms with Crippen LogP contribution in [0.1, 0.15) is 22.3 Å². The molecule has 0 atom stereocenters. The molecule has 2 aliphatic rings. The molecule has 0 N–H and O–H groups in total. The average Bonchev–Trinajstić information content (AvgIpc) is 3.83. The van der Waals surface area contributed by atoms with E-state index in [2.05, 4.69) is 200 Å². The van der Waals surface area contributed by atoms with Crippen LogP contribution in [-0.2, 0) is 5.41 Å². The summed E-state index contributed by atoms with van der Waals surface area (Å²) in [5.41, 5.74) is 15.7. The summed E-state index contributed by atoms with van der Waals surface area (Å²) in [6, 6.07) is 75.3. The monoisotopic (exact) mass is 750 g/mol. The van der Waals surface area contributed by atoms with E-state index in [1.165, 1.54) is 60.7 Å². The summed E-state index contributed by atoms with van der Waals surface area (Å²) >= 11 is 0. The molecular weight excluding hydrogens is 717 g/mol. The summed E-state index contributed by atoms with van der Waals surface area (Å²) in [5.74, 6) is 1.79. The number of hydrogen-bond acceptors (Lipinski definition) is 2. The summed E-state index contributed by atoms with van der Waals surface area (Å²) in [6.45, 7) is 0. The fourth-order valence-electron chi connectivity index (χ4n) is 10.4. The molecule has 1 aliphatic heterocycles. The van der Waals surface area contributed by atoms with Gasteiger partial charge >= 0.3 is 0 Å². The van der Waals surface area contributed by atoms with Crippen molar-refractivity contribution in [3.8, 4) is 56.0 Å². The van der Waals surface area contributed by atoms with Crippen molar-refractivity contribution in [2.45, 2.75) is 5.41 Å². The third kappa shape index (κ3) is 4.51. The van der Waals surface area contributed by atoms with Gasteiger partial charge in [-0.2, -0.15) is 0 Å². The van der Waals surface area contributed by atoms with Gasteiger partial charge in [-0.25, -0.2) is 0 Å². The molecule has 0 radical (unpaired) electrons. The second-order valence-corrected chi connectivity index (χ2v) is 15.9. The molecule has 2 heterocycles. The Bertz CT molecular complexity index is 3480. The van der Waals surface area contributed by atoms with E-state index >= 15 is 0 Å². The molecule has 0 unspecified atom stereocenters. The van der Waals surface area contributed by atoms with E-state index in [0.29, 0.717) is 0 Å². The molecule has 2 nitrogen and oxygen atoms in total. The quantitative estimate of drug-likeness (QED) is 0.179. The van der Waals surface area contributed by atoms with Gasteiger partial charge in [-0.15, -0.1) is 0 Å². The van der Waals surface area contributed by atoms with Crippen LogP contribution in [-0.4, -0.2) is 0 Å². The van der Waals surface area contributed by atoms with Crippen LogP contribution in [0.4, 0.5) is 0 Å². The molecule has 0 spiro atoms. The lowest BCUT2D eigenvalue weighted by molar-refractivity contribution is 0.487. The maximum atomic E-state index is 6.54. The van der Waals surface area contributed by atoms with E-state index in [-0.39, 0.29) is 0 Å². The van der Waals surface area contributed by atoms with Gasteiger partial charge in [0.25, 0.3) is 0 Å². The Morgan fingerprint density at radius 2 is 1.02 bits per heavy atom. The molecule has 0 bridgehead atoms. The topological polar surface area (TPSA) is 22.4 Å². The Labute approximate surface area is 341 Å². The Balaban J connectivity index is 1.12. The Morgan fingerprint density at radius 3 is 1.85 bits per heavy atom. The lowest BCUT2D eigenvalue weighted by Crippen LogP contribution is -2.29. The fraction of sp³-hybridized carbons (Fsp3) is 0.0175. The first-order valence-electron chi connectivity index (χ1n) is 20.3. The van der Waals surface area contributed by atoms with Gasteiger partial charge in [-0.1, -0.05) is 158 Å². The van der Waals surface area contributed by atoms with Gasteiger partial charge in [0.15, 0.2) is 0 Å². The third-order valence-corrected chi connectivity index (χ3v) is 12.9. The first kappa shape index (κ1) is 32.4. The minimum Gasteiger partial charge on any atom is -0.456 e. The van der Waals surface area contributed by atoms with Crippen molar-refractivity contribution >= 4 is 43.5 Å². The minimum absolute atomic E-state index is 0.646. The standard InChI is InChI=1S/C57H34O2/c1-3-16-40(17-4-1)57(41-18-5-2-6-19-41)49-33-37(36-27-30-51-48(31-36)45-22-11-14-35-15-12-24-52(58-51)54(35)45)25-29-46(49)55-42-20-8-7-13-38(42)32-47(56(55)57)39-26-28-44-43-21-9-10-23-50(43)59-53(44)34-39/h1-34H. The Kier molecular flexibility index (Phi) is 6.68. The van der Waals surface area contributed by atoms with Crippen LogP contribution in [0.15, 0.2) is 211 Å². The first-order chi connectivity index (χ1) is 29.2. The zero-order valence-electron chi connectivity index (χ0n) is 31.9. The van der Waals surface area contributed by atoms with Gasteiger partial charge in [0.05, 0.1) is 5.41 Å². The molecular formula is C57H34O2. The van der Waals surface area contributed by atoms with Crippen LogP contribution in [0.3, 0.4) is 0 Å². The molecule has 0 saturated carbocycles. The number of hydrogen-bond donors (Lipinski definition) is 0. The molecule has 1 aliphatic carbocycles. The highest BCUT2D eigenvalue weighted by atomic mass is 16.5. The molecule has 0 amide bonds. The van der Waals surface area contributed by atoms with Crippen molar-refractivity contribution in [1.29, 1.82) is 0 Å². The van der Waals surface area contributed by atoms with Crippen molar-refractivity contribution < 1.29 is 9.15 Å². The van der Waals surface area contributed by atoms with Crippen LogP contribution in [0.25, 0.3) is 88.0 Å². The zero-order chi connectivity index (χ0) is 38.7. The molecule has 274 valence electrons. The van der Waals surface area contributed by atoms with E-state index < -0.39 is 5.41 Å². The summed E-state index contributed by atoms with van der Waals surface area (Å²) in [5, 5.41) is 7.07. The van der Waals surface area contributed by atoms with Crippen LogP contribution < -0.4 is 4.74 Å². The Morgan fingerprint density at radius 1 is 0.356 bits per heavy atom. The van der Waals surface area contributed by atoms with Gasteiger partial charge in [0, 0.05) is 21.7 Å². The number of para-hydroxylation sites is 1. The van der Waals surface area contributed by atoms with Gasteiger partial charge in [0.1, 0.15) is 22.7 Å². The number of rotatable bonds is 4. The SMILES string of the molecule is c1ccc(C2(c3ccccc3)c3cc(-c4ccc5c(c4)-c4cccc6cccc(c46)O5)ccc3-c3c2c(-c2ccc4c(c2)oc2ccccc24)cc2ccccc32)cc1. The molecule has 59 heavy (non-hydrogen) atoms. The fourth-order valence-corrected chi connectivity index (χ4v) is 10.4. The highest BCUT2D eigenvalue weighted by Gasteiger charge is 2.48.